The highest BCUT2D eigenvalue weighted by Crippen LogP contribution is 2.40. The molecule has 144 valence electrons. The Morgan fingerprint density at radius 2 is 1.93 bits per heavy atom. The van der Waals surface area contributed by atoms with Gasteiger partial charge in [0, 0.05) is 21.1 Å². The number of imidazole rings is 1. The molecule has 0 bridgehead atoms. The van der Waals surface area contributed by atoms with Crippen LogP contribution in [0.1, 0.15) is 38.1 Å². The predicted octanol–water partition coefficient (Wildman–Crippen LogP) is 2.29. The van der Waals surface area contributed by atoms with Gasteiger partial charge in [-0.3, -0.25) is 9.59 Å². The lowest BCUT2D eigenvalue weighted by molar-refractivity contribution is 0.0686. The molecule has 0 spiro atoms. The van der Waals surface area contributed by atoms with Crippen molar-refractivity contribution in [3.8, 4) is 0 Å². The van der Waals surface area contributed by atoms with Crippen molar-refractivity contribution in [2.75, 3.05) is 19.4 Å². The number of Topliss-reactive ketones (excluding diaryl/α,β-unsaturated/α-hetero) is 1. The highest BCUT2D eigenvalue weighted by atomic mass is 16.3. The first kappa shape index (κ1) is 18.2. The van der Waals surface area contributed by atoms with Crippen molar-refractivity contribution in [3.05, 3.63) is 58.9 Å². The van der Waals surface area contributed by atoms with Gasteiger partial charge in [-0.2, -0.15) is 0 Å². The number of aliphatic hydroxyl groups is 1. The van der Waals surface area contributed by atoms with Crippen molar-refractivity contribution >= 4 is 28.4 Å². The monoisotopic (exact) mass is 378 g/mol. The molecule has 1 aromatic heterocycles. The third kappa shape index (κ3) is 2.58. The molecule has 4 rings (SSSR count). The summed E-state index contributed by atoms with van der Waals surface area (Å²) in [5, 5.41) is 14.0. The summed E-state index contributed by atoms with van der Waals surface area (Å²) in [5.41, 5.74) is 3.12. The van der Waals surface area contributed by atoms with E-state index in [2.05, 4.69) is 10.3 Å². The molecule has 0 saturated heterocycles. The largest absolute Gasteiger partial charge is 0.382 e. The summed E-state index contributed by atoms with van der Waals surface area (Å²) < 4.78 is 1.89. The van der Waals surface area contributed by atoms with E-state index in [-0.39, 0.29) is 17.0 Å². The minimum Gasteiger partial charge on any atom is -0.382 e. The second-order valence-electron chi connectivity index (χ2n) is 7.30. The Morgan fingerprint density at radius 1 is 1.25 bits per heavy atom. The minimum absolute atomic E-state index is 0.198. The third-order valence-corrected chi connectivity index (χ3v) is 5.33. The second-order valence-corrected chi connectivity index (χ2v) is 7.30. The quantitative estimate of drug-likeness (QED) is 0.714. The number of fused-ring (bicyclic) bond motifs is 3. The number of hydrogen-bond acceptors (Lipinski definition) is 5. The van der Waals surface area contributed by atoms with E-state index in [9.17, 15) is 14.7 Å². The maximum Gasteiger partial charge on any atom is 0.254 e. The van der Waals surface area contributed by atoms with Gasteiger partial charge in [0.15, 0.2) is 5.78 Å². The number of carbonyl (C=O) groups is 2. The standard InChI is InChI=1S/C21H22N4O3/c1-11-22-17-14(25(11)4)10-13(21(28)24(2)3)15-18(17)23-16(20(27)19(15)26)12-8-6-5-7-9-12/h5-10,16,20,23,27H,1-4H3/t16-,20-/m1/s1. The van der Waals surface area contributed by atoms with Crippen LogP contribution in [-0.4, -0.2) is 51.4 Å². The number of hydrogen-bond donors (Lipinski definition) is 2. The highest BCUT2D eigenvalue weighted by molar-refractivity contribution is 6.19. The van der Waals surface area contributed by atoms with Crippen LogP contribution in [-0.2, 0) is 7.05 Å². The Morgan fingerprint density at radius 3 is 2.57 bits per heavy atom. The first-order valence-electron chi connectivity index (χ1n) is 9.06. The summed E-state index contributed by atoms with van der Waals surface area (Å²) in [5.74, 6) is -0.00110. The Bertz CT molecular complexity index is 1100. The third-order valence-electron chi connectivity index (χ3n) is 5.33. The summed E-state index contributed by atoms with van der Waals surface area (Å²) in [6, 6.07) is 10.4. The van der Waals surface area contributed by atoms with Gasteiger partial charge >= 0.3 is 0 Å². The zero-order valence-electron chi connectivity index (χ0n) is 16.2. The SMILES string of the molecule is Cc1nc2c3c(c(C(=O)N(C)C)cc2n1C)C(=O)[C@H](O)[C@@H](c1ccccc1)N3. The van der Waals surface area contributed by atoms with Gasteiger partial charge in [0.2, 0.25) is 0 Å². The number of carbonyl (C=O) groups excluding carboxylic acids is 2. The Balaban J connectivity index is 2.01. The molecule has 28 heavy (non-hydrogen) atoms. The fourth-order valence-electron chi connectivity index (χ4n) is 3.70. The van der Waals surface area contributed by atoms with Gasteiger partial charge in [0.05, 0.1) is 28.4 Å². The lowest BCUT2D eigenvalue weighted by atomic mass is 9.86. The van der Waals surface area contributed by atoms with Crippen LogP contribution < -0.4 is 5.32 Å². The van der Waals surface area contributed by atoms with Crippen LogP contribution in [0, 0.1) is 6.92 Å². The lowest BCUT2D eigenvalue weighted by Gasteiger charge is -2.32. The highest BCUT2D eigenvalue weighted by Gasteiger charge is 2.39. The van der Waals surface area contributed by atoms with Gasteiger partial charge in [0.1, 0.15) is 17.4 Å². The number of aryl methyl sites for hydroxylation is 2. The van der Waals surface area contributed by atoms with E-state index in [0.717, 1.165) is 16.9 Å². The zero-order valence-corrected chi connectivity index (χ0v) is 16.2. The molecular weight excluding hydrogens is 356 g/mol. The van der Waals surface area contributed by atoms with Crippen molar-refractivity contribution in [1.82, 2.24) is 14.5 Å². The van der Waals surface area contributed by atoms with Crippen molar-refractivity contribution in [2.24, 2.45) is 7.05 Å². The van der Waals surface area contributed by atoms with E-state index in [1.807, 2.05) is 48.9 Å². The minimum atomic E-state index is -1.30. The number of benzene rings is 2. The van der Waals surface area contributed by atoms with E-state index in [1.165, 1.54) is 4.90 Å². The van der Waals surface area contributed by atoms with Crippen LogP contribution in [0.3, 0.4) is 0 Å². The Kier molecular flexibility index (Phi) is 4.19. The molecule has 7 nitrogen and oxygen atoms in total. The summed E-state index contributed by atoms with van der Waals surface area (Å²) in [6.07, 6.45) is -1.30. The molecule has 0 radical (unpaired) electrons. The summed E-state index contributed by atoms with van der Waals surface area (Å²) in [4.78, 5) is 32.0. The van der Waals surface area contributed by atoms with E-state index in [1.54, 1.807) is 20.2 Å². The molecule has 1 aliphatic rings. The number of anilines is 1. The molecule has 1 aliphatic heterocycles. The van der Waals surface area contributed by atoms with Gasteiger partial charge in [-0.05, 0) is 18.6 Å². The normalized spacial score (nSPS) is 18.7. The van der Waals surface area contributed by atoms with Gasteiger partial charge in [-0.25, -0.2) is 4.98 Å². The molecule has 0 aliphatic carbocycles. The van der Waals surface area contributed by atoms with E-state index < -0.39 is 17.9 Å². The van der Waals surface area contributed by atoms with Crippen molar-refractivity contribution in [2.45, 2.75) is 19.1 Å². The number of amides is 1. The molecule has 2 atom stereocenters. The number of aliphatic hydroxyl groups excluding tert-OH is 1. The van der Waals surface area contributed by atoms with Gasteiger partial charge in [-0.15, -0.1) is 0 Å². The molecule has 2 aromatic carbocycles. The average Bonchev–Trinajstić information content (AvgIpc) is 2.98. The number of nitrogens with one attached hydrogen (secondary N) is 1. The maximum absolute atomic E-state index is 13.2. The Labute approximate surface area is 162 Å². The number of nitrogens with zero attached hydrogens (tertiary/aromatic N) is 3. The summed E-state index contributed by atoms with van der Waals surface area (Å²) >= 11 is 0. The van der Waals surface area contributed by atoms with Crippen LogP contribution in [0.2, 0.25) is 0 Å². The van der Waals surface area contributed by atoms with Gasteiger partial charge in [-0.1, -0.05) is 30.3 Å². The fraction of sp³-hybridized carbons (Fsp3) is 0.286. The molecule has 7 heteroatoms. The molecule has 2 heterocycles. The first-order valence-corrected chi connectivity index (χ1v) is 9.06. The number of rotatable bonds is 2. The van der Waals surface area contributed by atoms with Gasteiger partial charge in [0.25, 0.3) is 5.91 Å². The van der Waals surface area contributed by atoms with E-state index >= 15 is 0 Å². The zero-order chi connectivity index (χ0) is 20.2. The van der Waals surface area contributed by atoms with Crippen LogP contribution >= 0.6 is 0 Å². The number of ketones is 1. The van der Waals surface area contributed by atoms with E-state index in [0.29, 0.717) is 11.2 Å². The van der Waals surface area contributed by atoms with Gasteiger partial charge < -0.3 is 19.9 Å². The summed E-state index contributed by atoms with van der Waals surface area (Å²) in [7, 11) is 5.14. The predicted molar refractivity (Wildman–Crippen MR) is 107 cm³/mol. The fourth-order valence-corrected chi connectivity index (χ4v) is 3.70. The molecule has 1 amide bonds. The molecule has 0 saturated carbocycles. The van der Waals surface area contributed by atoms with E-state index in [4.69, 9.17) is 0 Å². The van der Waals surface area contributed by atoms with Crippen molar-refractivity contribution in [3.63, 3.8) is 0 Å². The lowest BCUT2D eigenvalue weighted by Crippen LogP contribution is -2.39. The van der Waals surface area contributed by atoms with Crippen molar-refractivity contribution < 1.29 is 14.7 Å². The van der Waals surface area contributed by atoms with Crippen LogP contribution in [0.5, 0.6) is 0 Å². The van der Waals surface area contributed by atoms with Crippen molar-refractivity contribution in [1.29, 1.82) is 0 Å². The molecule has 0 unspecified atom stereocenters. The maximum atomic E-state index is 13.2. The topological polar surface area (TPSA) is 87.5 Å². The smallest absolute Gasteiger partial charge is 0.254 e. The summed E-state index contributed by atoms with van der Waals surface area (Å²) in [6.45, 7) is 1.87. The van der Waals surface area contributed by atoms with Crippen LogP contribution in [0.4, 0.5) is 5.69 Å². The van der Waals surface area contributed by atoms with Crippen LogP contribution in [0.15, 0.2) is 36.4 Å². The van der Waals surface area contributed by atoms with Crippen LogP contribution in [0.25, 0.3) is 11.0 Å². The molecule has 3 aromatic rings. The average molecular weight is 378 g/mol. The Hall–Kier alpha value is -3.19. The molecular formula is C21H22N4O3. The molecule has 2 N–H and O–H groups in total. The molecule has 0 fully saturated rings. The number of aromatic nitrogens is 2. The second kappa shape index (κ2) is 6.45. The first-order chi connectivity index (χ1) is 13.3.